The highest BCUT2D eigenvalue weighted by Crippen LogP contribution is 2.29. The summed E-state index contributed by atoms with van der Waals surface area (Å²) in [5.74, 6) is 3.93. The molecule has 2 nitrogen and oxygen atoms in total. The minimum atomic E-state index is -0.943. The molecule has 1 aliphatic heterocycles. The summed E-state index contributed by atoms with van der Waals surface area (Å²) in [4.78, 5) is 0. The van der Waals surface area contributed by atoms with Crippen LogP contribution in [0.25, 0.3) is 0 Å². The van der Waals surface area contributed by atoms with Gasteiger partial charge in [-0.25, -0.2) is 0 Å². The molecule has 0 aromatic rings. The van der Waals surface area contributed by atoms with Crippen LogP contribution in [-0.4, -0.2) is 18.0 Å². The Bertz CT molecular complexity index is 219. The van der Waals surface area contributed by atoms with E-state index in [2.05, 4.69) is 11.8 Å². The summed E-state index contributed by atoms with van der Waals surface area (Å²) in [5.41, 5.74) is -0.666. The zero-order chi connectivity index (χ0) is 8.54. The summed E-state index contributed by atoms with van der Waals surface area (Å²) in [6, 6.07) is 0. The van der Waals surface area contributed by atoms with Crippen LogP contribution in [0.3, 0.4) is 0 Å². The molecular formula is C9H10O2. The first-order valence-electron chi connectivity index (χ1n) is 3.33. The highest BCUT2D eigenvalue weighted by Gasteiger charge is 2.42. The van der Waals surface area contributed by atoms with Crippen LogP contribution in [0.4, 0.5) is 0 Å². The topological polar surface area (TPSA) is 18.5 Å². The van der Waals surface area contributed by atoms with Gasteiger partial charge in [0.05, 0.1) is 6.61 Å². The lowest BCUT2D eigenvalue weighted by atomic mass is 10.1. The van der Waals surface area contributed by atoms with Gasteiger partial charge in [-0.15, -0.1) is 12.8 Å². The quantitative estimate of drug-likeness (QED) is 0.475. The van der Waals surface area contributed by atoms with Crippen molar-refractivity contribution in [1.29, 1.82) is 0 Å². The molecule has 0 bridgehead atoms. The van der Waals surface area contributed by atoms with Crippen LogP contribution in [0.5, 0.6) is 0 Å². The molecule has 1 heterocycles. The molecule has 1 rings (SSSR count). The molecule has 0 spiro atoms. The average Bonchev–Trinajstić information content (AvgIpc) is 2.30. The predicted molar refractivity (Wildman–Crippen MR) is 41.5 cm³/mol. The molecule has 2 atom stereocenters. The SMILES string of the molecule is C#CC1(C)COC(C)(C#C)O1. The van der Waals surface area contributed by atoms with Crippen LogP contribution in [0, 0.1) is 24.7 Å². The van der Waals surface area contributed by atoms with Gasteiger partial charge in [-0.1, -0.05) is 5.92 Å². The maximum absolute atomic E-state index is 5.34. The van der Waals surface area contributed by atoms with Gasteiger partial charge in [0.15, 0.2) is 5.60 Å². The molecule has 0 saturated carbocycles. The van der Waals surface area contributed by atoms with Gasteiger partial charge in [-0.3, -0.25) is 0 Å². The summed E-state index contributed by atoms with van der Waals surface area (Å²) in [7, 11) is 0. The fourth-order valence-corrected chi connectivity index (χ4v) is 0.906. The van der Waals surface area contributed by atoms with E-state index in [1.165, 1.54) is 0 Å². The molecule has 1 saturated heterocycles. The van der Waals surface area contributed by atoms with Gasteiger partial charge in [0.2, 0.25) is 5.79 Å². The van der Waals surface area contributed by atoms with Crippen molar-refractivity contribution in [3.63, 3.8) is 0 Å². The maximum Gasteiger partial charge on any atom is 0.231 e. The number of ether oxygens (including phenoxy) is 2. The van der Waals surface area contributed by atoms with Crippen molar-refractivity contribution in [2.45, 2.75) is 25.2 Å². The van der Waals surface area contributed by atoms with Crippen molar-refractivity contribution >= 4 is 0 Å². The molecule has 0 aromatic carbocycles. The van der Waals surface area contributed by atoms with E-state index >= 15 is 0 Å². The Morgan fingerprint density at radius 3 is 2.18 bits per heavy atom. The van der Waals surface area contributed by atoms with Crippen LogP contribution in [-0.2, 0) is 9.47 Å². The fourth-order valence-electron chi connectivity index (χ4n) is 0.906. The van der Waals surface area contributed by atoms with Crippen LogP contribution in [0.2, 0.25) is 0 Å². The summed E-state index contributed by atoms with van der Waals surface area (Å²) >= 11 is 0. The largest absolute Gasteiger partial charge is 0.336 e. The number of rotatable bonds is 0. The van der Waals surface area contributed by atoms with Gasteiger partial charge in [-0.05, 0) is 12.8 Å². The highest BCUT2D eigenvalue weighted by atomic mass is 16.7. The average molecular weight is 150 g/mol. The highest BCUT2D eigenvalue weighted by molar-refractivity contribution is 5.14. The number of hydrogen-bond acceptors (Lipinski definition) is 2. The second kappa shape index (κ2) is 2.27. The zero-order valence-electron chi connectivity index (χ0n) is 6.68. The molecule has 1 fully saturated rings. The molecule has 0 aliphatic carbocycles. The normalized spacial score (nSPS) is 42.9. The van der Waals surface area contributed by atoms with E-state index in [0.717, 1.165) is 0 Å². The van der Waals surface area contributed by atoms with Crippen molar-refractivity contribution in [3.05, 3.63) is 0 Å². The molecule has 0 aromatic heterocycles. The molecule has 11 heavy (non-hydrogen) atoms. The minimum Gasteiger partial charge on any atom is -0.336 e. The van der Waals surface area contributed by atoms with E-state index in [-0.39, 0.29) is 0 Å². The Hall–Kier alpha value is -0.960. The third kappa shape index (κ3) is 1.38. The summed E-state index contributed by atoms with van der Waals surface area (Å²) in [6.45, 7) is 3.80. The lowest BCUT2D eigenvalue weighted by Crippen LogP contribution is -2.29. The van der Waals surface area contributed by atoms with E-state index in [1.54, 1.807) is 13.8 Å². The molecule has 2 heteroatoms. The third-order valence-electron chi connectivity index (χ3n) is 1.61. The van der Waals surface area contributed by atoms with E-state index in [0.29, 0.717) is 6.61 Å². The second-order valence-electron chi connectivity index (χ2n) is 2.86. The van der Waals surface area contributed by atoms with Gasteiger partial charge in [0.25, 0.3) is 0 Å². The van der Waals surface area contributed by atoms with Crippen molar-refractivity contribution in [2.75, 3.05) is 6.61 Å². The lowest BCUT2D eigenvalue weighted by Gasteiger charge is -2.18. The summed E-state index contributed by atoms with van der Waals surface area (Å²) < 4.78 is 10.5. The first-order chi connectivity index (χ1) is 5.04. The Balaban J connectivity index is 2.78. The fraction of sp³-hybridized carbons (Fsp3) is 0.556. The Labute approximate surface area is 66.9 Å². The molecule has 2 unspecified atom stereocenters. The number of terminal acetylenes is 2. The van der Waals surface area contributed by atoms with Crippen LogP contribution in [0.1, 0.15) is 13.8 Å². The Morgan fingerprint density at radius 1 is 1.27 bits per heavy atom. The van der Waals surface area contributed by atoms with Gasteiger partial charge in [-0.2, -0.15) is 0 Å². The van der Waals surface area contributed by atoms with Crippen LogP contribution >= 0.6 is 0 Å². The monoisotopic (exact) mass is 150 g/mol. The Morgan fingerprint density at radius 2 is 1.91 bits per heavy atom. The van der Waals surface area contributed by atoms with Crippen LogP contribution in [0.15, 0.2) is 0 Å². The van der Waals surface area contributed by atoms with E-state index in [1.807, 2.05) is 0 Å². The van der Waals surface area contributed by atoms with Gasteiger partial charge < -0.3 is 9.47 Å². The predicted octanol–water partition coefficient (Wildman–Crippen LogP) is 0.774. The summed E-state index contributed by atoms with van der Waals surface area (Å²) in [5, 5.41) is 0. The summed E-state index contributed by atoms with van der Waals surface area (Å²) in [6.07, 6.45) is 10.4. The van der Waals surface area contributed by atoms with Crippen molar-refractivity contribution in [2.24, 2.45) is 0 Å². The number of hydrogen-bond donors (Lipinski definition) is 0. The first kappa shape index (κ1) is 8.14. The van der Waals surface area contributed by atoms with Crippen molar-refractivity contribution in [3.8, 4) is 24.7 Å². The van der Waals surface area contributed by atoms with Gasteiger partial charge in [0.1, 0.15) is 0 Å². The van der Waals surface area contributed by atoms with Gasteiger partial charge in [0, 0.05) is 6.92 Å². The van der Waals surface area contributed by atoms with Crippen molar-refractivity contribution in [1.82, 2.24) is 0 Å². The zero-order valence-corrected chi connectivity index (χ0v) is 6.68. The lowest BCUT2D eigenvalue weighted by molar-refractivity contribution is -0.114. The Kier molecular flexibility index (Phi) is 1.68. The second-order valence-corrected chi connectivity index (χ2v) is 2.86. The van der Waals surface area contributed by atoms with E-state index in [4.69, 9.17) is 22.3 Å². The van der Waals surface area contributed by atoms with Crippen molar-refractivity contribution < 1.29 is 9.47 Å². The standard InChI is InChI=1S/C9H10O2/c1-5-8(3)7-10-9(4,6-2)11-8/h1-2H,7H2,3-4H3. The van der Waals surface area contributed by atoms with Gasteiger partial charge >= 0.3 is 0 Å². The maximum atomic E-state index is 5.34. The van der Waals surface area contributed by atoms with E-state index in [9.17, 15) is 0 Å². The smallest absolute Gasteiger partial charge is 0.231 e. The molecule has 0 radical (unpaired) electrons. The minimum absolute atomic E-state index is 0.351. The van der Waals surface area contributed by atoms with Crippen LogP contribution < -0.4 is 0 Å². The molecule has 0 amide bonds. The first-order valence-corrected chi connectivity index (χ1v) is 3.33. The van der Waals surface area contributed by atoms with E-state index < -0.39 is 11.4 Å². The molecular weight excluding hydrogens is 140 g/mol. The molecule has 58 valence electrons. The third-order valence-corrected chi connectivity index (χ3v) is 1.61. The molecule has 0 N–H and O–H groups in total. The molecule has 1 aliphatic rings.